The van der Waals surface area contributed by atoms with Crippen LogP contribution < -0.4 is 51.4 Å². The Balaban J connectivity index is 0. The minimum absolute atomic E-state index is 0. The summed E-state index contributed by atoms with van der Waals surface area (Å²) in [7, 11) is 0. The summed E-state index contributed by atoms with van der Waals surface area (Å²) in [4.78, 5) is 0. The summed E-state index contributed by atoms with van der Waals surface area (Å²) in [5.41, 5.74) is 0. The third-order valence-electron chi connectivity index (χ3n) is 1.08. The van der Waals surface area contributed by atoms with Gasteiger partial charge in [-0.05, 0) is 6.42 Å². The van der Waals surface area contributed by atoms with Gasteiger partial charge in [-0.15, -0.1) is 12.1 Å². The Bertz CT molecular complexity index is 111. The first-order valence-corrected chi connectivity index (χ1v) is 3.44. The fourth-order valence-corrected chi connectivity index (χ4v) is 0.573. The van der Waals surface area contributed by atoms with Gasteiger partial charge in [-0.2, -0.15) is 0 Å². The monoisotopic (exact) mass is 190 g/mol. The zero-order valence-corrected chi connectivity index (χ0v) is 10.1. The van der Waals surface area contributed by atoms with E-state index in [1.165, 1.54) is 6.08 Å². The smallest absolute Gasteiger partial charge is 0.445 e. The van der Waals surface area contributed by atoms with E-state index < -0.39 is 6.98 Å². The maximum atomic E-state index is 11.5. The summed E-state index contributed by atoms with van der Waals surface area (Å²) < 4.78 is 34.4. The van der Waals surface area contributed by atoms with E-state index in [0.29, 0.717) is 12.4 Å². The van der Waals surface area contributed by atoms with Crippen LogP contribution in [0.4, 0.5) is 12.9 Å². The molecule has 0 saturated heterocycles. The Morgan fingerprint density at radius 2 is 1.82 bits per heavy atom. The molecule has 0 aliphatic carbocycles. The van der Waals surface area contributed by atoms with Gasteiger partial charge in [0.1, 0.15) is 0 Å². The van der Waals surface area contributed by atoms with Crippen molar-refractivity contribution in [3.05, 3.63) is 12.1 Å². The average Bonchev–Trinajstić information content (AvgIpc) is 1.78. The van der Waals surface area contributed by atoms with Crippen molar-refractivity contribution in [3.8, 4) is 0 Å². The van der Waals surface area contributed by atoms with Crippen LogP contribution in [-0.2, 0) is 0 Å². The standard InChI is InChI=1S/C6H11BF3.K/c1-2-3-4-5-6-7(8,9)10;/h5-6H,2-4H2,1H3;/q-1;+1. The number of halogens is 3. The van der Waals surface area contributed by atoms with Crippen molar-refractivity contribution in [2.75, 3.05) is 0 Å². The topological polar surface area (TPSA) is 0 Å². The van der Waals surface area contributed by atoms with E-state index in [-0.39, 0.29) is 51.4 Å². The molecule has 0 fully saturated rings. The predicted molar refractivity (Wildman–Crippen MR) is 37.7 cm³/mol. The third-order valence-corrected chi connectivity index (χ3v) is 1.08. The molecule has 0 rings (SSSR count). The van der Waals surface area contributed by atoms with Crippen LogP contribution in [0, 0.1) is 0 Å². The van der Waals surface area contributed by atoms with Gasteiger partial charge in [0.2, 0.25) is 0 Å². The van der Waals surface area contributed by atoms with Gasteiger partial charge in [0.05, 0.1) is 0 Å². The Hall–Kier alpha value is 1.23. The maximum Gasteiger partial charge on any atom is 1.00 e. The van der Waals surface area contributed by atoms with E-state index in [9.17, 15) is 12.9 Å². The molecule has 0 saturated carbocycles. The first-order chi connectivity index (χ1) is 4.56. The summed E-state index contributed by atoms with van der Waals surface area (Å²) in [6, 6.07) is 0. The van der Waals surface area contributed by atoms with E-state index in [0.717, 1.165) is 12.8 Å². The van der Waals surface area contributed by atoms with Crippen LogP contribution >= 0.6 is 0 Å². The fourth-order valence-electron chi connectivity index (χ4n) is 0.573. The van der Waals surface area contributed by atoms with Crippen LogP contribution in [0.1, 0.15) is 26.2 Å². The first kappa shape index (κ1) is 14.7. The third kappa shape index (κ3) is 14.1. The van der Waals surface area contributed by atoms with Gasteiger partial charge in [-0.3, -0.25) is 0 Å². The number of hydrogen-bond donors (Lipinski definition) is 0. The molecule has 0 unspecified atom stereocenters. The van der Waals surface area contributed by atoms with Gasteiger partial charge in [0.15, 0.2) is 0 Å². The zero-order valence-electron chi connectivity index (χ0n) is 6.99. The van der Waals surface area contributed by atoms with E-state index in [2.05, 4.69) is 0 Å². The Kier molecular flexibility index (Phi) is 10.5. The van der Waals surface area contributed by atoms with Crippen molar-refractivity contribution in [2.24, 2.45) is 0 Å². The molecule has 0 spiro atoms. The van der Waals surface area contributed by atoms with Crippen LogP contribution in [0.5, 0.6) is 0 Å². The van der Waals surface area contributed by atoms with Gasteiger partial charge >= 0.3 is 58.4 Å². The summed E-state index contributed by atoms with van der Waals surface area (Å²) in [6.07, 6.45) is 3.51. The second kappa shape index (κ2) is 7.86. The molecule has 0 aromatic heterocycles. The minimum atomic E-state index is -4.70. The second-order valence-corrected chi connectivity index (χ2v) is 2.20. The SMILES string of the molecule is CCCCC=C[B-](F)(F)F.[K+]. The first-order valence-electron chi connectivity index (χ1n) is 3.44. The van der Waals surface area contributed by atoms with Gasteiger partial charge in [0, 0.05) is 0 Å². The van der Waals surface area contributed by atoms with E-state index in [4.69, 9.17) is 0 Å². The summed E-state index contributed by atoms with van der Waals surface area (Å²) in [6.45, 7) is -2.75. The second-order valence-electron chi connectivity index (χ2n) is 2.20. The minimum Gasteiger partial charge on any atom is -0.445 e. The largest absolute Gasteiger partial charge is 1.00 e. The van der Waals surface area contributed by atoms with Crippen molar-refractivity contribution in [1.82, 2.24) is 0 Å². The van der Waals surface area contributed by atoms with Crippen molar-refractivity contribution < 1.29 is 64.3 Å². The van der Waals surface area contributed by atoms with Crippen molar-refractivity contribution in [2.45, 2.75) is 26.2 Å². The van der Waals surface area contributed by atoms with Crippen LogP contribution in [0.2, 0.25) is 0 Å². The Morgan fingerprint density at radius 1 is 1.27 bits per heavy atom. The van der Waals surface area contributed by atoms with Crippen molar-refractivity contribution in [1.29, 1.82) is 0 Å². The predicted octanol–water partition coefficient (Wildman–Crippen LogP) is 0.123. The number of unbranched alkanes of at least 4 members (excludes halogenated alkanes) is 2. The average molecular weight is 190 g/mol. The molecule has 0 aromatic rings. The van der Waals surface area contributed by atoms with Gasteiger partial charge in [0.25, 0.3) is 0 Å². The van der Waals surface area contributed by atoms with Crippen LogP contribution in [0.25, 0.3) is 0 Å². The Morgan fingerprint density at radius 3 is 2.18 bits per heavy atom. The molecule has 5 heteroatoms. The van der Waals surface area contributed by atoms with Crippen molar-refractivity contribution >= 4 is 6.98 Å². The normalized spacial score (nSPS) is 11.6. The van der Waals surface area contributed by atoms with E-state index in [1.54, 1.807) is 0 Å². The fraction of sp³-hybridized carbons (Fsp3) is 0.667. The van der Waals surface area contributed by atoms with E-state index in [1.807, 2.05) is 6.92 Å². The van der Waals surface area contributed by atoms with E-state index >= 15 is 0 Å². The van der Waals surface area contributed by atoms with Gasteiger partial charge in [-0.1, -0.05) is 19.8 Å². The summed E-state index contributed by atoms with van der Waals surface area (Å²) in [5, 5.41) is 0. The molecule has 0 N–H and O–H groups in total. The molecule has 0 aromatic carbocycles. The molecule has 0 amide bonds. The van der Waals surface area contributed by atoms with Crippen LogP contribution in [0.15, 0.2) is 12.1 Å². The molecule has 0 radical (unpaired) electrons. The molecule has 0 heterocycles. The molecule has 60 valence electrons. The quantitative estimate of drug-likeness (QED) is 0.436. The molecular weight excluding hydrogens is 179 g/mol. The molecular formula is C6H11BF3K. The zero-order chi connectivity index (χ0) is 8.04. The summed E-state index contributed by atoms with van der Waals surface area (Å²) >= 11 is 0. The number of allylic oxidation sites excluding steroid dienone is 1. The number of hydrogen-bond acceptors (Lipinski definition) is 0. The number of rotatable bonds is 4. The molecule has 0 aliphatic heterocycles. The Labute approximate surface area is 108 Å². The molecule has 0 atom stereocenters. The molecule has 0 bridgehead atoms. The van der Waals surface area contributed by atoms with Crippen LogP contribution in [-0.4, -0.2) is 6.98 Å². The van der Waals surface area contributed by atoms with Crippen LogP contribution in [0.3, 0.4) is 0 Å². The van der Waals surface area contributed by atoms with Gasteiger partial charge in [-0.25, -0.2) is 0 Å². The molecule has 0 nitrogen and oxygen atoms in total. The molecule has 11 heavy (non-hydrogen) atoms. The summed E-state index contributed by atoms with van der Waals surface area (Å²) in [5.74, 6) is 0.357. The maximum absolute atomic E-state index is 11.5. The van der Waals surface area contributed by atoms with Crippen molar-refractivity contribution in [3.63, 3.8) is 0 Å². The molecule has 0 aliphatic rings. The van der Waals surface area contributed by atoms with Gasteiger partial charge < -0.3 is 12.9 Å².